The monoisotopic (exact) mass is 610 g/mol. The van der Waals surface area contributed by atoms with Crippen molar-refractivity contribution in [1.29, 1.82) is 0 Å². The van der Waals surface area contributed by atoms with E-state index in [1.165, 1.54) is 44.2 Å². The van der Waals surface area contributed by atoms with Gasteiger partial charge in [-0.1, -0.05) is 158 Å². The normalized spacial score (nSPS) is 13.2. The van der Waals surface area contributed by atoms with Gasteiger partial charge in [0, 0.05) is 21.7 Å². The molecule has 0 saturated heterocycles. The van der Waals surface area contributed by atoms with E-state index in [2.05, 4.69) is 187 Å². The Hall–Kier alpha value is -6.25. The van der Waals surface area contributed by atoms with E-state index in [0.29, 0.717) is 0 Å². The molecule has 0 amide bonds. The van der Waals surface area contributed by atoms with E-state index in [0.717, 1.165) is 38.9 Å². The summed E-state index contributed by atoms with van der Waals surface area (Å²) >= 11 is 0. The molecule has 10 rings (SSSR count). The fourth-order valence-corrected chi connectivity index (χ4v) is 8.33. The van der Waals surface area contributed by atoms with Crippen molar-refractivity contribution in [3.8, 4) is 28.1 Å². The molecular weight excluding hydrogens is 581 g/mol. The highest BCUT2D eigenvalue weighted by Crippen LogP contribution is 2.58. The first kappa shape index (κ1) is 26.9. The molecule has 0 radical (unpaired) electrons. The third-order valence-electron chi connectivity index (χ3n) is 10.3. The molecule has 0 fully saturated rings. The smallest absolute Gasteiger partial charge is 0.146 e. The lowest BCUT2D eigenvalue weighted by atomic mass is 9.67. The highest BCUT2D eigenvalue weighted by Gasteiger charge is 2.47. The third-order valence-corrected chi connectivity index (χ3v) is 10.3. The van der Waals surface area contributed by atoms with Crippen LogP contribution >= 0.6 is 0 Å². The molecule has 2 aromatic heterocycles. The molecule has 48 heavy (non-hydrogen) atoms. The van der Waals surface area contributed by atoms with Gasteiger partial charge >= 0.3 is 0 Å². The lowest BCUT2D eigenvalue weighted by Gasteiger charge is -2.33. The fraction of sp³-hybridized carbons (Fsp3) is 0.0217. The quantitative estimate of drug-likeness (QED) is 0.194. The second-order valence-corrected chi connectivity index (χ2v) is 12.7. The van der Waals surface area contributed by atoms with Gasteiger partial charge in [-0.3, -0.25) is 4.57 Å². The SMILES string of the molecule is c1ccc(-c2cc3ccccc3nc2-n2c3ccccc3c3c4c(ccc32)C(c2ccccc2)(c2ccccc2)c2ccccc2-4)cc1. The molecule has 0 unspecified atom stereocenters. The van der Waals surface area contributed by atoms with Crippen LogP contribution < -0.4 is 0 Å². The molecule has 0 bridgehead atoms. The van der Waals surface area contributed by atoms with E-state index >= 15 is 0 Å². The Kier molecular flexibility index (Phi) is 5.82. The van der Waals surface area contributed by atoms with Crippen LogP contribution in [0.15, 0.2) is 182 Å². The van der Waals surface area contributed by atoms with Gasteiger partial charge < -0.3 is 0 Å². The van der Waals surface area contributed by atoms with Crippen molar-refractivity contribution in [3.63, 3.8) is 0 Å². The number of pyridine rings is 1. The van der Waals surface area contributed by atoms with Gasteiger partial charge in [0.25, 0.3) is 0 Å². The highest BCUT2D eigenvalue weighted by atomic mass is 15.1. The molecule has 1 aliphatic carbocycles. The van der Waals surface area contributed by atoms with E-state index < -0.39 is 5.41 Å². The highest BCUT2D eigenvalue weighted by molar-refractivity contribution is 6.18. The summed E-state index contributed by atoms with van der Waals surface area (Å²) in [6.07, 6.45) is 0. The van der Waals surface area contributed by atoms with Gasteiger partial charge in [-0.25, -0.2) is 4.98 Å². The van der Waals surface area contributed by atoms with E-state index in [1.807, 2.05) is 0 Å². The molecule has 0 spiro atoms. The van der Waals surface area contributed by atoms with Crippen LogP contribution in [0, 0.1) is 0 Å². The zero-order chi connectivity index (χ0) is 31.7. The second-order valence-electron chi connectivity index (χ2n) is 12.7. The summed E-state index contributed by atoms with van der Waals surface area (Å²) in [6.45, 7) is 0. The van der Waals surface area contributed by atoms with Gasteiger partial charge in [-0.2, -0.15) is 0 Å². The van der Waals surface area contributed by atoms with Gasteiger partial charge in [0.2, 0.25) is 0 Å². The van der Waals surface area contributed by atoms with Crippen LogP contribution in [0.1, 0.15) is 22.3 Å². The van der Waals surface area contributed by atoms with Crippen LogP contribution in [0.2, 0.25) is 0 Å². The van der Waals surface area contributed by atoms with Gasteiger partial charge in [0.1, 0.15) is 5.82 Å². The summed E-state index contributed by atoms with van der Waals surface area (Å²) in [5, 5.41) is 3.62. The minimum atomic E-state index is -0.456. The zero-order valence-corrected chi connectivity index (χ0v) is 26.2. The van der Waals surface area contributed by atoms with E-state index in [-0.39, 0.29) is 0 Å². The molecule has 9 aromatic rings. The van der Waals surface area contributed by atoms with Crippen LogP contribution in [-0.4, -0.2) is 9.55 Å². The van der Waals surface area contributed by atoms with Crippen LogP contribution in [-0.2, 0) is 5.41 Å². The molecule has 0 N–H and O–H groups in total. The number of hydrogen-bond acceptors (Lipinski definition) is 1. The van der Waals surface area contributed by atoms with E-state index in [4.69, 9.17) is 4.98 Å². The maximum absolute atomic E-state index is 5.42. The maximum atomic E-state index is 5.42. The van der Waals surface area contributed by atoms with Crippen molar-refractivity contribution >= 4 is 32.7 Å². The minimum Gasteiger partial charge on any atom is -0.293 e. The predicted molar refractivity (Wildman–Crippen MR) is 199 cm³/mol. The minimum absolute atomic E-state index is 0.456. The summed E-state index contributed by atoms with van der Waals surface area (Å²) in [7, 11) is 0. The number of nitrogens with zero attached hydrogens (tertiary/aromatic N) is 2. The Morgan fingerprint density at radius 3 is 1.85 bits per heavy atom. The van der Waals surface area contributed by atoms with Crippen molar-refractivity contribution in [2.75, 3.05) is 0 Å². The van der Waals surface area contributed by atoms with Crippen molar-refractivity contribution in [1.82, 2.24) is 9.55 Å². The summed E-state index contributed by atoms with van der Waals surface area (Å²) in [4.78, 5) is 5.42. The van der Waals surface area contributed by atoms with Gasteiger partial charge in [-0.15, -0.1) is 0 Å². The Bertz CT molecular complexity index is 2610. The van der Waals surface area contributed by atoms with E-state index in [9.17, 15) is 0 Å². The molecule has 7 aromatic carbocycles. The Labute approximate surface area is 279 Å². The molecule has 0 saturated carbocycles. The number of hydrogen-bond donors (Lipinski definition) is 0. The Morgan fingerprint density at radius 1 is 0.458 bits per heavy atom. The lowest BCUT2D eigenvalue weighted by molar-refractivity contribution is 0.769. The largest absolute Gasteiger partial charge is 0.293 e. The summed E-state index contributed by atoms with van der Waals surface area (Å²) in [5.74, 6) is 0.940. The molecule has 2 heteroatoms. The number of para-hydroxylation sites is 2. The molecule has 224 valence electrons. The summed E-state index contributed by atoms with van der Waals surface area (Å²) in [5.41, 5.74) is 12.8. The number of rotatable bonds is 4. The van der Waals surface area contributed by atoms with Gasteiger partial charge in [-0.05, 0) is 63.2 Å². The van der Waals surface area contributed by atoms with E-state index in [1.54, 1.807) is 0 Å². The standard InChI is InChI=1S/C46H30N2/c1-4-16-31(17-5-1)37-30-32-18-10-14-26-40(32)47-45(37)48-41-27-15-12-24-36(41)44-42(48)29-28-39-43(44)35-23-11-13-25-38(35)46(39,33-19-6-2-7-20-33)34-21-8-3-9-22-34/h1-30H. The van der Waals surface area contributed by atoms with Gasteiger partial charge in [0.15, 0.2) is 0 Å². The second kappa shape index (κ2) is 10.4. The average Bonchev–Trinajstić information content (AvgIpc) is 3.66. The van der Waals surface area contributed by atoms with Crippen molar-refractivity contribution < 1.29 is 0 Å². The first-order valence-electron chi connectivity index (χ1n) is 16.6. The van der Waals surface area contributed by atoms with Crippen LogP contribution in [0.3, 0.4) is 0 Å². The number of fused-ring (bicyclic) bond motifs is 8. The Balaban J connectivity index is 1.38. The third kappa shape index (κ3) is 3.66. The maximum Gasteiger partial charge on any atom is 0.146 e. The van der Waals surface area contributed by atoms with Crippen LogP contribution in [0.25, 0.3) is 60.8 Å². The molecule has 1 aliphatic rings. The lowest BCUT2D eigenvalue weighted by Crippen LogP contribution is -2.28. The van der Waals surface area contributed by atoms with Crippen molar-refractivity contribution in [2.24, 2.45) is 0 Å². The number of benzene rings is 7. The fourth-order valence-electron chi connectivity index (χ4n) is 8.33. The van der Waals surface area contributed by atoms with Crippen LogP contribution in [0.5, 0.6) is 0 Å². The molecule has 2 heterocycles. The predicted octanol–water partition coefficient (Wildman–Crippen LogP) is 11.4. The number of aromatic nitrogens is 2. The zero-order valence-electron chi connectivity index (χ0n) is 26.2. The molecule has 2 nitrogen and oxygen atoms in total. The average molecular weight is 611 g/mol. The molecule has 0 aliphatic heterocycles. The Morgan fingerprint density at radius 2 is 1.08 bits per heavy atom. The summed E-state index contributed by atoms with van der Waals surface area (Å²) in [6, 6.07) is 66.0. The van der Waals surface area contributed by atoms with Crippen LogP contribution in [0.4, 0.5) is 0 Å². The summed E-state index contributed by atoms with van der Waals surface area (Å²) < 4.78 is 2.40. The molecular formula is C46H30N2. The topological polar surface area (TPSA) is 17.8 Å². The molecule has 0 atom stereocenters. The van der Waals surface area contributed by atoms with Crippen molar-refractivity contribution in [3.05, 3.63) is 204 Å². The van der Waals surface area contributed by atoms with Crippen molar-refractivity contribution in [2.45, 2.75) is 5.41 Å². The first-order valence-corrected chi connectivity index (χ1v) is 16.6. The van der Waals surface area contributed by atoms with Gasteiger partial charge in [0.05, 0.1) is 22.0 Å². The first-order chi connectivity index (χ1) is 23.8.